The van der Waals surface area contributed by atoms with Crippen LogP contribution in [0.4, 0.5) is 4.79 Å². The quantitative estimate of drug-likeness (QED) is 0.635. The zero-order valence-electron chi connectivity index (χ0n) is 13.5. The highest BCUT2D eigenvalue weighted by Crippen LogP contribution is 2.22. The summed E-state index contributed by atoms with van der Waals surface area (Å²) in [5.41, 5.74) is 0.732. The number of nitrogens with one attached hydrogen (secondary N) is 3. The van der Waals surface area contributed by atoms with E-state index in [-0.39, 0.29) is 23.8 Å². The molecule has 2 atom stereocenters. The molecule has 1 aromatic heterocycles. The van der Waals surface area contributed by atoms with Crippen LogP contribution in [0.5, 0.6) is 0 Å². The molecule has 3 rings (SSSR count). The fraction of sp³-hybridized carbons (Fsp3) is 0.667. The van der Waals surface area contributed by atoms with Crippen molar-refractivity contribution >= 4 is 23.6 Å². The summed E-state index contributed by atoms with van der Waals surface area (Å²) < 4.78 is 0. The standard InChI is InChI=1S/C15H22ClN5O3/c1-2-9-12(16)20-13(18-9)14(22)19-10-5-6-21(15(23)24)7-11(10)17-8-3-4-8/h8,10-11,17H,2-7H2,1H3,(H,18,20)(H,19,22)(H,23,24)/t10-,11+/m1/s1. The van der Waals surface area contributed by atoms with Gasteiger partial charge in [-0.3, -0.25) is 4.79 Å². The van der Waals surface area contributed by atoms with Crippen LogP contribution >= 0.6 is 11.6 Å². The van der Waals surface area contributed by atoms with Crippen LogP contribution in [0.3, 0.4) is 0 Å². The molecule has 2 amide bonds. The fourth-order valence-electron chi connectivity index (χ4n) is 2.99. The second kappa shape index (κ2) is 6.98. The van der Waals surface area contributed by atoms with Gasteiger partial charge in [0.05, 0.1) is 5.69 Å². The number of H-pyrrole nitrogens is 1. The normalized spacial score (nSPS) is 24.0. The lowest BCUT2D eigenvalue weighted by Gasteiger charge is -2.38. The number of rotatable bonds is 5. The minimum Gasteiger partial charge on any atom is -0.465 e. The highest BCUT2D eigenvalue weighted by molar-refractivity contribution is 6.30. The Balaban J connectivity index is 1.66. The Morgan fingerprint density at radius 1 is 1.38 bits per heavy atom. The smallest absolute Gasteiger partial charge is 0.407 e. The molecule has 4 N–H and O–H groups in total. The van der Waals surface area contributed by atoms with Gasteiger partial charge in [0.15, 0.2) is 11.0 Å². The zero-order chi connectivity index (χ0) is 17.3. The van der Waals surface area contributed by atoms with Gasteiger partial charge < -0.3 is 25.6 Å². The van der Waals surface area contributed by atoms with Crippen LogP contribution in [0, 0.1) is 0 Å². The molecule has 2 aliphatic rings. The van der Waals surface area contributed by atoms with Gasteiger partial charge >= 0.3 is 6.09 Å². The molecule has 24 heavy (non-hydrogen) atoms. The van der Waals surface area contributed by atoms with Gasteiger partial charge in [-0.05, 0) is 25.7 Å². The molecule has 2 fully saturated rings. The van der Waals surface area contributed by atoms with Crippen LogP contribution in [-0.2, 0) is 6.42 Å². The van der Waals surface area contributed by atoms with Crippen LogP contribution in [-0.4, -0.2) is 63.2 Å². The van der Waals surface area contributed by atoms with E-state index in [9.17, 15) is 14.7 Å². The van der Waals surface area contributed by atoms with Crippen LogP contribution in [0.1, 0.15) is 42.5 Å². The number of halogens is 1. The molecule has 9 heteroatoms. The number of amides is 2. The average molecular weight is 356 g/mol. The molecular formula is C15H22ClN5O3. The number of nitrogens with zero attached hydrogens (tertiary/aromatic N) is 2. The SMILES string of the molecule is CCc1[nH]c(C(=O)N[C@@H]2CCN(C(=O)O)C[C@@H]2NC2CC2)nc1Cl. The number of likely N-dealkylation sites (tertiary alicyclic amines) is 1. The number of aromatic amines is 1. The number of carboxylic acid groups (broad SMARTS) is 1. The second-order valence-corrected chi connectivity index (χ2v) is 6.71. The highest BCUT2D eigenvalue weighted by Gasteiger charge is 2.36. The van der Waals surface area contributed by atoms with Crippen molar-refractivity contribution < 1.29 is 14.7 Å². The van der Waals surface area contributed by atoms with Crippen molar-refractivity contribution in [3.05, 3.63) is 16.7 Å². The van der Waals surface area contributed by atoms with Gasteiger partial charge in [0, 0.05) is 31.2 Å². The molecule has 1 saturated carbocycles. The summed E-state index contributed by atoms with van der Waals surface area (Å²) in [7, 11) is 0. The molecule has 8 nitrogen and oxygen atoms in total. The van der Waals surface area contributed by atoms with Crippen molar-refractivity contribution in [2.24, 2.45) is 0 Å². The van der Waals surface area contributed by atoms with Gasteiger partial charge in [0.2, 0.25) is 0 Å². The Hall–Kier alpha value is -1.80. The number of aromatic nitrogens is 2. The molecule has 1 aliphatic carbocycles. The van der Waals surface area contributed by atoms with Gasteiger partial charge in [0.1, 0.15) is 0 Å². The minimum absolute atomic E-state index is 0.0950. The van der Waals surface area contributed by atoms with E-state index < -0.39 is 6.09 Å². The molecule has 0 aromatic carbocycles. The number of carbonyl (C=O) groups excluding carboxylic acids is 1. The zero-order valence-corrected chi connectivity index (χ0v) is 14.3. The van der Waals surface area contributed by atoms with Gasteiger partial charge in [-0.1, -0.05) is 18.5 Å². The molecule has 1 saturated heterocycles. The van der Waals surface area contributed by atoms with Crippen molar-refractivity contribution in [2.75, 3.05) is 13.1 Å². The maximum Gasteiger partial charge on any atom is 0.407 e. The van der Waals surface area contributed by atoms with Gasteiger partial charge in [0.25, 0.3) is 5.91 Å². The van der Waals surface area contributed by atoms with E-state index in [4.69, 9.17) is 11.6 Å². The summed E-state index contributed by atoms with van der Waals surface area (Å²) in [5, 5.41) is 15.9. The Bertz CT molecular complexity index is 631. The van der Waals surface area contributed by atoms with E-state index in [1.54, 1.807) is 0 Å². The molecule has 0 spiro atoms. The first-order chi connectivity index (χ1) is 11.5. The Morgan fingerprint density at radius 3 is 2.71 bits per heavy atom. The predicted molar refractivity (Wildman–Crippen MR) is 88.4 cm³/mol. The van der Waals surface area contributed by atoms with Gasteiger partial charge in [-0.2, -0.15) is 0 Å². The number of hydrogen-bond acceptors (Lipinski definition) is 4. The third kappa shape index (κ3) is 3.81. The average Bonchev–Trinajstić information content (AvgIpc) is 3.28. The van der Waals surface area contributed by atoms with Crippen molar-refractivity contribution in [3.8, 4) is 0 Å². The van der Waals surface area contributed by atoms with E-state index in [0.717, 1.165) is 18.5 Å². The Labute approximate surface area is 145 Å². The summed E-state index contributed by atoms with van der Waals surface area (Å²) >= 11 is 5.99. The van der Waals surface area contributed by atoms with Crippen LogP contribution < -0.4 is 10.6 Å². The summed E-state index contributed by atoms with van der Waals surface area (Å²) in [5.74, 6) is -0.115. The topological polar surface area (TPSA) is 110 Å². The first-order valence-corrected chi connectivity index (χ1v) is 8.65. The molecule has 1 aliphatic heterocycles. The lowest BCUT2D eigenvalue weighted by atomic mass is 9.99. The van der Waals surface area contributed by atoms with Gasteiger partial charge in [-0.15, -0.1) is 0 Å². The van der Waals surface area contributed by atoms with E-state index in [1.165, 1.54) is 4.90 Å². The van der Waals surface area contributed by atoms with Crippen molar-refractivity contribution in [3.63, 3.8) is 0 Å². The minimum atomic E-state index is -0.923. The van der Waals surface area contributed by atoms with E-state index in [1.807, 2.05) is 6.92 Å². The maximum atomic E-state index is 12.4. The van der Waals surface area contributed by atoms with Crippen LogP contribution in [0.15, 0.2) is 0 Å². The van der Waals surface area contributed by atoms with Crippen LogP contribution in [0.25, 0.3) is 0 Å². The number of aryl methyl sites for hydroxylation is 1. The number of imidazole rings is 1. The largest absolute Gasteiger partial charge is 0.465 e. The highest BCUT2D eigenvalue weighted by atomic mass is 35.5. The number of hydrogen-bond donors (Lipinski definition) is 4. The fourth-order valence-corrected chi connectivity index (χ4v) is 3.25. The van der Waals surface area contributed by atoms with Crippen molar-refractivity contribution in [2.45, 2.75) is 50.7 Å². The van der Waals surface area contributed by atoms with E-state index in [2.05, 4.69) is 20.6 Å². The molecule has 0 bridgehead atoms. The van der Waals surface area contributed by atoms with Crippen molar-refractivity contribution in [1.82, 2.24) is 25.5 Å². The molecule has 132 valence electrons. The second-order valence-electron chi connectivity index (χ2n) is 6.35. The van der Waals surface area contributed by atoms with Crippen molar-refractivity contribution in [1.29, 1.82) is 0 Å². The lowest BCUT2D eigenvalue weighted by Crippen LogP contribution is -2.60. The lowest BCUT2D eigenvalue weighted by molar-refractivity contribution is 0.0861. The summed E-state index contributed by atoms with van der Waals surface area (Å²) in [6.07, 6.45) is 2.50. The summed E-state index contributed by atoms with van der Waals surface area (Å²) in [6.45, 7) is 2.70. The number of piperidine rings is 1. The van der Waals surface area contributed by atoms with Gasteiger partial charge in [-0.25, -0.2) is 9.78 Å². The summed E-state index contributed by atoms with van der Waals surface area (Å²) in [6, 6.07) is 0.193. The molecule has 1 aromatic rings. The molecule has 2 heterocycles. The molecular weight excluding hydrogens is 334 g/mol. The van der Waals surface area contributed by atoms with Crippen LogP contribution in [0.2, 0.25) is 5.15 Å². The first-order valence-electron chi connectivity index (χ1n) is 8.27. The predicted octanol–water partition coefficient (Wildman–Crippen LogP) is 1.23. The Kier molecular flexibility index (Phi) is 4.96. The monoisotopic (exact) mass is 355 g/mol. The van der Waals surface area contributed by atoms with E-state index in [0.29, 0.717) is 37.1 Å². The first kappa shape index (κ1) is 17.0. The molecule has 0 unspecified atom stereocenters. The number of carbonyl (C=O) groups is 2. The van der Waals surface area contributed by atoms with E-state index >= 15 is 0 Å². The third-order valence-corrected chi connectivity index (χ3v) is 4.84. The third-order valence-electron chi connectivity index (χ3n) is 4.52. The summed E-state index contributed by atoms with van der Waals surface area (Å²) in [4.78, 5) is 32.0. The maximum absolute atomic E-state index is 12.4. The Morgan fingerprint density at radius 2 is 2.12 bits per heavy atom. The molecule has 0 radical (unpaired) electrons.